The van der Waals surface area contributed by atoms with Crippen LogP contribution in [-0.4, -0.2) is 22.8 Å². The van der Waals surface area contributed by atoms with Crippen molar-refractivity contribution in [2.75, 3.05) is 7.11 Å². The number of carbonyl (C=O) groups is 1. The van der Waals surface area contributed by atoms with Gasteiger partial charge < -0.3 is 9.14 Å². The standard InChI is InChI=1S/C17H16N2O2/c1-11-6-14(7-12(2)17(11)21-3)13-4-5-16-18-15(10-20)9-19(16)8-13/h4-10H,1-3H3. The lowest BCUT2D eigenvalue weighted by Crippen LogP contribution is -1.93. The summed E-state index contributed by atoms with van der Waals surface area (Å²) in [5.41, 5.74) is 5.61. The van der Waals surface area contributed by atoms with Crippen LogP contribution in [0.4, 0.5) is 0 Å². The Kier molecular flexibility index (Phi) is 3.22. The van der Waals surface area contributed by atoms with E-state index in [-0.39, 0.29) is 0 Å². The highest BCUT2D eigenvalue weighted by Crippen LogP contribution is 2.30. The molecular weight excluding hydrogens is 264 g/mol. The smallest absolute Gasteiger partial charge is 0.170 e. The van der Waals surface area contributed by atoms with Gasteiger partial charge in [-0.3, -0.25) is 4.79 Å². The third-order valence-electron chi connectivity index (χ3n) is 3.59. The zero-order valence-electron chi connectivity index (χ0n) is 12.3. The van der Waals surface area contributed by atoms with Gasteiger partial charge in [0.25, 0.3) is 0 Å². The SMILES string of the molecule is COc1c(C)cc(-c2ccc3nc(C=O)cn3c2)cc1C. The van der Waals surface area contributed by atoms with E-state index in [1.807, 2.05) is 36.6 Å². The third kappa shape index (κ3) is 2.29. The van der Waals surface area contributed by atoms with Crippen molar-refractivity contribution in [3.05, 3.63) is 53.5 Å². The van der Waals surface area contributed by atoms with Gasteiger partial charge in [-0.25, -0.2) is 4.98 Å². The molecule has 106 valence electrons. The number of benzene rings is 1. The Morgan fingerprint density at radius 1 is 1.10 bits per heavy atom. The van der Waals surface area contributed by atoms with E-state index in [4.69, 9.17) is 4.74 Å². The molecule has 3 aromatic rings. The predicted molar refractivity (Wildman–Crippen MR) is 82.0 cm³/mol. The third-order valence-corrected chi connectivity index (χ3v) is 3.59. The highest BCUT2D eigenvalue weighted by molar-refractivity contribution is 5.74. The Morgan fingerprint density at radius 2 is 1.81 bits per heavy atom. The van der Waals surface area contributed by atoms with Crippen molar-refractivity contribution in [2.24, 2.45) is 0 Å². The Hall–Kier alpha value is -2.62. The van der Waals surface area contributed by atoms with Crippen molar-refractivity contribution in [1.82, 2.24) is 9.38 Å². The summed E-state index contributed by atoms with van der Waals surface area (Å²) in [6.07, 6.45) is 4.47. The number of carbonyl (C=O) groups excluding carboxylic acids is 1. The summed E-state index contributed by atoms with van der Waals surface area (Å²) in [6.45, 7) is 4.07. The summed E-state index contributed by atoms with van der Waals surface area (Å²) in [6, 6.07) is 8.13. The molecule has 0 radical (unpaired) electrons. The first-order valence-corrected chi connectivity index (χ1v) is 6.72. The number of pyridine rings is 1. The molecule has 1 aromatic carbocycles. The molecule has 0 spiro atoms. The average molecular weight is 280 g/mol. The molecule has 4 heteroatoms. The van der Waals surface area contributed by atoms with Crippen LogP contribution in [0.1, 0.15) is 21.6 Å². The zero-order valence-corrected chi connectivity index (χ0v) is 12.3. The maximum Gasteiger partial charge on any atom is 0.170 e. The molecule has 0 bridgehead atoms. The molecule has 0 saturated heterocycles. The van der Waals surface area contributed by atoms with Gasteiger partial charge in [-0.05, 0) is 60.4 Å². The van der Waals surface area contributed by atoms with Gasteiger partial charge in [0.1, 0.15) is 17.1 Å². The molecule has 0 amide bonds. The van der Waals surface area contributed by atoms with Crippen LogP contribution < -0.4 is 4.74 Å². The fourth-order valence-electron chi connectivity index (χ4n) is 2.68. The second kappa shape index (κ2) is 5.05. The number of aldehydes is 1. The summed E-state index contributed by atoms with van der Waals surface area (Å²) in [5, 5.41) is 0. The first-order valence-electron chi connectivity index (χ1n) is 6.72. The number of fused-ring (bicyclic) bond motifs is 1. The lowest BCUT2D eigenvalue weighted by molar-refractivity contribution is 0.111. The fourth-order valence-corrected chi connectivity index (χ4v) is 2.68. The first-order chi connectivity index (χ1) is 10.1. The molecule has 4 nitrogen and oxygen atoms in total. The van der Waals surface area contributed by atoms with Crippen LogP contribution in [0.5, 0.6) is 5.75 Å². The Morgan fingerprint density at radius 3 is 2.43 bits per heavy atom. The number of hydrogen-bond donors (Lipinski definition) is 0. The fraction of sp³-hybridized carbons (Fsp3) is 0.176. The van der Waals surface area contributed by atoms with Crippen molar-refractivity contribution in [1.29, 1.82) is 0 Å². The summed E-state index contributed by atoms with van der Waals surface area (Å²) < 4.78 is 7.27. The molecule has 0 atom stereocenters. The summed E-state index contributed by atoms with van der Waals surface area (Å²) in [7, 11) is 1.69. The van der Waals surface area contributed by atoms with E-state index >= 15 is 0 Å². The molecule has 0 aliphatic heterocycles. The maximum atomic E-state index is 10.8. The van der Waals surface area contributed by atoms with E-state index in [0.717, 1.165) is 39.9 Å². The van der Waals surface area contributed by atoms with Crippen LogP contribution in [0.25, 0.3) is 16.8 Å². The van der Waals surface area contributed by atoms with Gasteiger partial charge in [-0.2, -0.15) is 0 Å². The van der Waals surface area contributed by atoms with Crippen LogP contribution in [0, 0.1) is 13.8 Å². The summed E-state index contributed by atoms with van der Waals surface area (Å²) in [4.78, 5) is 15.0. The molecule has 2 heterocycles. The number of nitrogens with zero attached hydrogens (tertiary/aromatic N) is 2. The minimum absolute atomic E-state index is 0.439. The van der Waals surface area contributed by atoms with Gasteiger partial charge in [-0.1, -0.05) is 0 Å². The first kappa shape index (κ1) is 13.4. The molecule has 0 aliphatic rings. The quantitative estimate of drug-likeness (QED) is 0.690. The minimum atomic E-state index is 0.439. The van der Waals surface area contributed by atoms with Crippen LogP contribution in [-0.2, 0) is 0 Å². The number of methoxy groups -OCH3 is 1. The summed E-state index contributed by atoms with van der Waals surface area (Å²) >= 11 is 0. The molecule has 0 N–H and O–H groups in total. The second-order valence-electron chi connectivity index (χ2n) is 5.11. The molecule has 0 aliphatic carbocycles. The highest BCUT2D eigenvalue weighted by atomic mass is 16.5. The average Bonchev–Trinajstić information content (AvgIpc) is 2.89. The van der Waals surface area contributed by atoms with Crippen molar-refractivity contribution in [3.63, 3.8) is 0 Å². The van der Waals surface area contributed by atoms with Crippen molar-refractivity contribution in [3.8, 4) is 16.9 Å². The molecule has 2 aromatic heterocycles. The van der Waals surface area contributed by atoms with E-state index in [9.17, 15) is 4.79 Å². The molecule has 0 fully saturated rings. The van der Waals surface area contributed by atoms with Crippen molar-refractivity contribution < 1.29 is 9.53 Å². The minimum Gasteiger partial charge on any atom is -0.496 e. The lowest BCUT2D eigenvalue weighted by atomic mass is 10.0. The van der Waals surface area contributed by atoms with Gasteiger partial charge in [-0.15, -0.1) is 0 Å². The van der Waals surface area contributed by atoms with E-state index < -0.39 is 0 Å². The summed E-state index contributed by atoms with van der Waals surface area (Å²) in [5.74, 6) is 0.922. The van der Waals surface area contributed by atoms with Crippen LogP contribution >= 0.6 is 0 Å². The number of imidazole rings is 1. The monoisotopic (exact) mass is 280 g/mol. The van der Waals surface area contributed by atoms with E-state index in [1.54, 1.807) is 13.3 Å². The van der Waals surface area contributed by atoms with Gasteiger partial charge in [0.15, 0.2) is 6.29 Å². The van der Waals surface area contributed by atoms with Gasteiger partial charge in [0.05, 0.1) is 7.11 Å². The van der Waals surface area contributed by atoms with E-state index in [1.165, 1.54) is 0 Å². The molecule has 3 rings (SSSR count). The maximum absolute atomic E-state index is 10.8. The Balaban J connectivity index is 2.13. The Bertz CT molecular complexity index is 811. The second-order valence-corrected chi connectivity index (χ2v) is 5.11. The Labute approximate surface area is 123 Å². The number of aryl methyl sites for hydroxylation is 2. The van der Waals surface area contributed by atoms with Crippen LogP contribution in [0.3, 0.4) is 0 Å². The largest absolute Gasteiger partial charge is 0.496 e. The van der Waals surface area contributed by atoms with Crippen LogP contribution in [0.2, 0.25) is 0 Å². The number of rotatable bonds is 3. The number of hydrogen-bond acceptors (Lipinski definition) is 3. The number of ether oxygens (including phenoxy) is 1. The molecule has 21 heavy (non-hydrogen) atoms. The van der Waals surface area contributed by atoms with Crippen LogP contribution in [0.15, 0.2) is 36.7 Å². The van der Waals surface area contributed by atoms with Crippen molar-refractivity contribution in [2.45, 2.75) is 13.8 Å². The van der Waals surface area contributed by atoms with Gasteiger partial charge in [0, 0.05) is 12.4 Å². The molecular formula is C17H16N2O2. The molecule has 0 saturated carbocycles. The zero-order chi connectivity index (χ0) is 15.0. The lowest BCUT2D eigenvalue weighted by Gasteiger charge is -2.11. The molecule has 0 unspecified atom stereocenters. The van der Waals surface area contributed by atoms with E-state index in [0.29, 0.717) is 5.69 Å². The highest BCUT2D eigenvalue weighted by Gasteiger charge is 2.08. The predicted octanol–water partition coefficient (Wildman–Crippen LogP) is 3.44. The van der Waals surface area contributed by atoms with Crippen molar-refractivity contribution >= 4 is 11.9 Å². The number of aromatic nitrogens is 2. The van der Waals surface area contributed by atoms with Gasteiger partial charge >= 0.3 is 0 Å². The normalized spacial score (nSPS) is 10.8. The topological polar surface area (TPSA) is 43.6 Å². The van der Waals surface area contributed by atoms with Gasteiger partial charge in [0.2, 0.25) is 0 Å². The van der Waals surface area contributed by atoms with E-state index in [2.05, 4.69) is 17.1 Å².